The molecule has 0 aliphatic rings. The quantitative estimate of drug-likeness (QED) is 0.141. The predicted octanol–water partition coefficient (Wildman–Crippen LogP) is 6.34. The van der Waals surface area contributed by atoms with Crippen molar-refractivity contribution in [1.29, 1.82) is 0 Å². The number of thioether (sulfide) groups is 1. The molecule has 1 N–H and O–H groups in total. The van der Waals surface area contributed by atoms with Crippen molar-refractivity contribution in [1.82, 2.24) is 9.97 Å². The van der Waals surface area contributed by atoms with Crippen LogP contribution in [0.4, 0.5) is 5.82 Å². The van der Waals surface area contributed by atoms with Crippen LogP contribution in [-0.2, 0) is 12.2 Å². The van der Waals surface area contributed by atoms with Crippen LogP contribution in [0.1, 0.15) is 49.8 Å². The minimum absolute atomic E-state index is 0.700. The van der Waals surface area contributed by atoms with E-state index in [1.54, 1.807) is 18.0 Å². The zero-order chi connectivity index (χ0) is 20.3. The lowest BCUT2D eigenvalue weighted by atomic mass is 10.0. The minimum atomic E-state index is 0.700. The van der Waals surface area contributed by atoms with Gasteiger partial charge < -0.3 is 0 Å². The maximum Gasteiger partial charge on any atom is 0.189 e. The van der Waals surface area contributed by atoms with Crippen LogP contribution in [0.3, 0.4) is 0 Å². The summed E-state index contributed by atoms with van der Waals surface area (Å²) in [5, 5.41) is 5.24. The molecule has 3 aromatic rings. The summed E-state index contributed by atoms with van der Waals surface area (Å²) in [5.74, 6) is 1.54. The van der Waals surface area contributed by atoms with Gasteiger partial charge in [-0.25, -0.2) is 9.97 Å². The number of aryl methyl sites for hydroxylation is 1. The molecule has 0 radical (unpaired) electrons. The zero-order valence-corrected chi connectivity index (χ0v) is 18.0. The minimum Gasteiger partial charge on any atom is -0.261 e. The van der Waals surface area contributed by atoms with Crippen molar-refractivity contribution in [2.24, 2.45) is 5.10 Å². The Balaban J connectivity index is 1.56. The second kappa shape index (κ2) is 11.4. The first-order valence-corrected chi connectivity index (χ1v) is 11.1. The summed E-state index contributed by atoms with van der Waals surface area (Å²) < 4.78 is 0. The fourth-order valence-corrected chi connectivity index (χ4v) is 3.68. The lowest BCUT2D eigenvalue weighted by Gasteiger charge is -2.06. The maximum atomic E-state index is 4.54. The first-order chi connectivity index (χ1) is 14.2. The summed E-state index contributed by atoms with van der Waals surface area (Å²) in [7, 11) is 0. The van der Waals surface area contributed by atoms with Crippen LogP contribution in [0.5, 0.6) is 0 Å². The van der Waals surface area contributed by atoms with E-state index < -0.39 is 0 Å². The molecule has 0 saturated carbocycles. The van der Waals surface area contributed by atoms with Crippen molar-refractivity contribution in [2.75, 3.05) is 5.43 Å². The molecule has 1 aromatic heterocycles. The van der Waals surface area contributed by atoms with Crippen molar-refractivity contribution >= 4 is 23.3 Å². The van der Waals surface area contributed by atoms with Gasteiger partial charge in [-0.3, -0.25) is 5.43 Å². The van der Waals surface area contributed by atoms with Crippen LogP contribution < -0.4 is 5.43 Å². The van der Waals surface area contributed by atoms with E-state index in [0.717, 1.165) is 28.6 Å². The van der Waals surface area contributed by atoms with Gasteiger partial charge in [0.1, 0.15) is 0 Å². The number of unbranched alkanes of at least 4 members (excludes halogenated alkanes) is 2. The Morgan fingerprint density at radius 2 is 1.76 bits per heavy atom. The van der Waals surface area contributed by atoms with Gasteiger partial charge in [-0.1, -0.05) is 86.1 Å². The molecule has 0 aliphatic heterocycles. The first kappa shape index (κ1) is 21.1. The Morgan fingerprint density at radius 3 is 2.52 bits per heavy atom. The van der Waals surface area contributed by atoms with E-state index in [1.165, 1.54) is 30.4 Å². The van der Waals surface area contributed by atoms with Crippen molar-refractivity contribution < 1.29 is 0 Å². The van der Waals surface area contributed by atoms with Gasteiger partial charge in [0.05, 0.1) is 5.71 Å². The van der Waals surface area contributed by atoms with Crippen molar-refractivity contribution in [3.05, 3.63) is 83.6 Å². The van der Waals surface area contributed by atoms with Gasteiger partial charge >= 0.3 is 0 Å². The largest absolute Gasteiger partial charge is 0.261 e. The fourth-order valence-electron chi connectivity index (χ4n) is 2.89. The first-order valence-electron chi connectivity index (χ1n) is 10.1. The van der Waals surface area contributed by atoms with E-state index in [1.807, 2.05) is 31.2 Å². The summed E-state index contributed by atoms with van der Waals surface area (Å²) in [6.07, 6.45) is 6.70. The number of hydrazone groups is 1. The van der Waals surface area contributed by atoms with Crippen LogP contribution >= 0.6 is 11.8 Å². The average Bonchev–Trinajstić information content (AvgIpc) is 2.78. The van der Waals surface area contributed by atoms with E-state index in [9.17, 15) is 0 Å². The van der Waals surface area contributed by atoms with Crippen LogP contribution in [0.25, 0.3) is 0 Å². The molecule has 1 heterocycles. The number of hydrogen-bond acceptors (Lipinski definition) is 5. The highest BCUT2D eigenvalue weighted by Crippen LogP contribution is 2.20. The normalized spacial score (nSPS) is 11.4. The third-order valence-electron chi connectivity index (χ3n) is 4.62. The Kier molecular flexibility index (Phi) is 8.25. The number of benzene rings is 2. The molecular weight excluding hydrogens is 376 g/mol. The van der Waals surface area contributed by atoms with E-state index in [4.69, 9.17) is 0 Å². The molecule has 29 heavy (non-hydrogen) atoms. The van der Waals surface area contributed by atoms with Crippen LogP contribution in [0, 0.1) is 0 Å². The van der Waals surface area contributed by atoms with E-state index in [0.29, 0.717) is 5.82 Å². The van der Waals surface area contributed by atoms with Crippen molar-refractivity contribution in [3.8, 4) is 0 Å². The molecule has 4 nitrogen and oxygen atoms in total. The Bertz CT molecular complexity index is 908. The van der Waals surface area contributed by atoms with Crippen LogP contribution in [-0.4, -0.2) is 15.7 Å². The summed E-state index contributed by atoms with van der Waals surface area (Å²) in [6.45, 7) is 4.24. The molecule has 0 unspecified atom stereocenters. The summed E-state index contributed by atoms with van der Waals surface area (Å²) in [5.41, 5.74) is 7.75. The number of nitrogens with one attached hydrogen (secondary N) is 1. The average molecular weight is 405 g/mol. The molecule has 0 aliphatic carbocycles. The molecule has 3 rings (SSSR count). The third-order valence-corrected chi connectivity index (χ3v) is 5.56. The summed E-state index contributed by atoms with van der Waals surface area (Å²) >= 11 is 1.62. The molecule has 0 fully saturated rings. The number of hydrogen-bond donors (Lipinski definition) is 1. The van der Waals surface area contributed by atoms with Crippen LogP contribution in [0.2, 0.25) is 0 Å². The predicted molar refractivity (Wildman–Crippen MR) is 124 cm³/mol. The lowest BCUT2D eigenvalue weighted by molar-refractivity contribution is 0.717. The van der Waals surface area contributed by atoms with E-state index >= 15 is 0 Å². The maximum absolute atomic E-state index is 4.54. The SMILES string of the molecule is CCCCCc1ccc(/C(C)=N\Nc2ccnc(SCc3ccccc3)n2)cc1. The Labute approximate surface area is 177 Å². The van der Waals surface area contributed by atoms with E-state index in [2.05, 4.69) is 63.8 Å². The monoisotopic (exact) mass is 404 g/mol. The van der Waals surface area contributed by atoms with Crippen molar-refractivity contribution in [3.63, 3.8) is 0 Å². The van der Waals surface area contributed by atoms with E-state index in [-0.39, 0.29) is 0 Å². The molecule has 150 valence electrons. The molecule has 0 spiro atoms. The second-order valence-corrected chi connectivity index (χ2v) is 7.90. The molecular formula is C24H28N4S. The second-order valence-electron chi connectivity index (χ2n) is 6.96. The van der Waals surface area contributed by atoms with Gasteiger partial charge in [-0.2, -0.15) is 5.10 Å². The number of aromatic nitrogens is 2. The van der Waals surface area contributed by atoms with Gasteiger partial charge in [0.25, 0.3) is 0 Å². The molecule has 0 atom stereocenters. The van der Waals surface area contributed by atoms with Gasteiger partial charge in [0.15, 0.2) is 11.0 Å². The van der Waals surface area contributed by atoms with Gasteiger partial charge in [0.2, 0.25) is 0 Å². The van der Waals surface area contributed by atoms with Crippen LogP contribution in [0.15, 0.2) is 77.1 Å². The highest BCUT2D eigenvalue weighted by molar-refractivity contribution is 7.98. The van der Waals surface area contributed by atoms with Gasteiger partial charge in [0, 0.05) is 18.0 Å². The fraction of sp³-hybridized carbons (Fsp3) is 0.292. The Morgan fingerprint density at radius 1 is 0.966 bits per heavy atom. The highest BCUT2D eigenvalue weighted by Gasteiger charge is 2.02. The smallest absolute Gasteiger partial charge is 0.189 e. The molecule has 2 aromatic carbocycles. The standard InChI is InChI=1S/C24H28N4S/c1-3-4-6-9-20-12-14-22(15-13-20)19(2)27-28-23-16-17-25-24(26-23)29-18-21-10-7-5-8-11-21/h5,7-8,10-17H,3-4,6,9,18H2,1-2H3,(H,25,26,28)/b27-19-. The Hall–Kier alpha value is -2.66. The summed E-state index contributed by atoms with van der Waals surface area (Å²) in [6, 6.07) is 20.9. The molecule has 0 bridgehead atoms. The highest BCUT2D eigenvalue weighted by atomic mass is 32.2. The van der Waals surface area contributed by atoms with Gasteiger partial charge in [-0.05, 0) is 36.5 Å². The number of rotatable bonds is 10. The number of anilines is 1. The molecule has 5 heteroatoms. The van der Waals surface area contributed by atoms with Gasteiger partial charge in [-0.15, -0.1) is 0 Å². The zero-order valence-electron chi connectivity index (χ0n) is 17.1. The molecule has 0 amide bonds. The molecule has 0 saturated heterocycles. The van der Waals surface area contributed by atoms with Crippen molar-refractivity contribution in [2.45, 2.75) is 50.4 Å². The lowest BCUT2D eigenvalue weighted by Crippen LogP contribution is -2.02. The number of nitrogens with zero attached hydrogens (tertiary/aromatic N) is 3. The topological polar surface area (TPSA) is 50.2 Å². The third kappa shape index (κ3) is 7.02. The summed E-state index contributed by atoms with van der Waals surface area (Å²) in [4.78, 5) is 8.89.